The molecule has 178 valence electrons. The molecule has 1 aliphatic heterocycles. The summed E-state index contributed by atoms with van der Waals surface area (Å²) in [5, 5.41) is 5.76. The van der Waals surface area contributed by atoms with Crippen LogP contribution in [0, 0.1) is 12.8 Å². The Kier molecular flexibility index (Phi) is 6.80. The maximum absolute atomic E-state index is 12.9. The van der Waals surface area contributed by atoms with Crippen molar-refractivity contribution < 1.29 is 18.0 Å². The molecular weight excluding hydrogens is 454 g/mol. The molecule has 0 aliphatic carbocycles. The van der Waals surface area contributed by atoms with Crippen LogP contribution in [0.1, 0.15) is 29.0 Å². The topological polar surface area (TPSA) is 113 Å². The highest BCUT2D eigenvalue weighted by Crippen LogP contribution is 2.27. The number of rotatable bonds is 6. The molecule has 4 rings (SSSR count). The number of amides is 2. The zero-order chi connectivity index (χ0) is 24.3. The molecule has 1 aromatic heterocycles. The van der Waals surface area contributed by atoms with Gasteiger partial charge in [-0.25, -0.2) is 13.4 Å². The number of piperidine rings is 1. The predicted molar refractivity (Wildman–Crippen MR) is 129 cm³/mol. The van der Waals surface area contributed by atoms with E-state index in [-0.39, 0.29) is 35.8 Å². The number of nitrogens with zero attached hydrogens (tertiary/aromatic N) is 3. The zero-order valence-corrected chi connectivity index (χ0v) is 19.9. The highest BCUT2D eigenvalue weighted by Gasteiger charge is 2.33. The number of hydrogen-bond donors (Lipinski definition) is 2. The third-order valence-electron chi connectivity index (χ3n) is 5.98. The predicted octanol–water partition coefficient (Wildman–Crippen LogP) is 3.02. The van der Waals surface area contributed by atoms with Crippen LogP contribution in [-0.4, -0.2) is 47.2 Å². The van der Waals surface area contributed by atoms with Crippen LogP contribution in [0.3, 0.4) is 0 Å². The largest absolute Gasteiger partial charge is 0.337 e. The molecule has 2 aromatic carbocycles. The summed E-state index contributed by atoms with van der Waals surface area (Å²) in [4.78, 5) is 29.6. The summed E-state index contributed by atoms with van der Waals surface area (Å²) in [6.45, 7) is 2.22. The first-order chi connectivity index (χ1) is 16.3. The van der Waals surface area contributed by atoms with Crippen LogP contribution in [0.15, 0.2) is 65.8 Å². The monoisotopic (exact) mass is 481 g/mol. The van der Waals surface area contributed by atoms with Gasteiger partial charge in [0.2, 0.25) is 5.91 Å². The lowest BCUT2D eigenvalue weighted by molar-refractivity contribution is -0.120. The number of sulfonamides is 1. The number of imidazole rings is 1. The molecular formula is C24H27N5O4S. The van der Waals surface area contributed by atoms with Crippen molar-refractivity contribution in [3.05, 3.63) is 72.2 Å². The lowest BCUT2D eigenvalue weighted by atomic mass is 9.97. The molecule has 2 amide bonds. The van der Waals surface area contributed by atoms with E-state index in [1.54, 1.807) is 67.1 Å². The minimum Gasteiger partial charge on any atom is -0.337 e. The lowest BCUT2D eigenvalue weighted by Crippen LogP contribution is -2.41. The van der Waals surface area contributed by atoms with Gasteiger partial charge in [0.05, 0.1) is 11.4 Å². The molecule has 0 bridgehead atoms. The summed E-state index contributed by atoms with van der Waals surface area (Å²) in [6, 6.07) is 15.8. The summed E-state index contributed by atoms with van der Waals surface area (Å²) in [5.74, 6) is -0.196. The Morgan fingerprint density at radius 1 is 0.941 bits per heavy atom. The number of para-hydroxylation sites is 2. The minimum atomic E-state index is -3.70. The first-order valence-corrected chi connectivity index (χ1v) is 12.5. The number of benzene rings is 2. The molecule has 1 fully saturated rings. The highest BCUT2D eigenvalue weighted by atomic mass is 32.2. The van der Waals surface area contributed by atoms with Gasteiger partial charge in [0.25, 0.3) is 15.9 Å². The molecule has 0 radical (unpaired) electrons. The van der Waals surface area contributed by atoms with Crippen molar-refractivity contribution in [3.8, 4) is 0 Å². The van der Waals surface area contributed by atoms with Crippen LogP contribution in [0.4, 0.5) is 11.4 Å². The van der Waals surface area contributed by atoms with Crippen molar-refractivity contribution in [2.75, 3.05) is 23.7 Å². The second kappa shape index (κ2) is 9.78. The fourth-order valence-corrected chi connectivity index (χ4v) is 5.36. The number of carbonyl (C=O) groups is 2. The SMILES string of the molecule is Cc1nc(S(=O)(=O)N2CCC(C(=O)Nc3ccccc3NC(=O)c3ccccc3)CC2)cn1C. The van der Waals surface area contributed by atoms with Crippen LogP contribution < -0.4 is 10.6 Å². The molecule has 34 heavy (non-hydrogen) atoms. The van der Waals surface area contributed by atoms with Gasteiger partial charge in [-0.05, 0) is 44.0 Å². The standard InChI is InChI=1S/C24H27N5O4S/c1-17-25-22(16-28(17)2)34(32,33)29-14-12-19(13-15-29)24(31)27-21-11-7-6-10-20(21)26-23(30)18-8-4-3-5-9-18/h3-11,16,19H,12-15H2,1-2H3,(H,26,30)(H,27,31). The van der Waals surface area contributed by atoms with Crippen molar-refractivity contribution in [1.29, 1.82) is 0 Å². The smallest absolute Gasteiger partial charge is 0.262 e. The van der Waals surface area contributed by atoms with E-state index in [2.05, 4.69) is 15.6 Å². The summed E-state index contributed by atoms with van der Waals surface area (Å²) >= 11 is 0. The number of aryl methyl sites for hydroxylation is 2. The number of anilines is 2. The van der Waals surface area contributed by atoms with Crippen molar-refractivity contribution in [2.24, 2.45) is 13.0 Å². The van der Waals surface area contributed by atoms with E-state index >= 15 is 0 Å². The molecule has 1 aliphatic rings. The van der Waals surface area contributed by atoms with Gasteiger partial charge in [-0.2, -0.15) is 4.31 Å². The average molecular weight is 482 g/mol. The lowest BCUT2D eigenvalue weighted by Gasteiger charge is -2.30. The van der Waals surface area contributed by atoms with E-state index in [0.29, 0.717) is 35.6 Å². The van der Waals surface area contributed by atoms with Crippen LogP contribution in [0.2, 0.25) is 0 Å². The summed E-state index contributed by atoms with van der Waals surface area (Å²) in [6.07, 6.45) is 2.30. The summed E-state index contributed by atoms with van der Waals surface area (Å²) in [7, 11) is -1.95. The van der Waals surface area contributed by atoms with E-state index < -0.39 is 10.0 Å². The van der Waals surface area contributed by atoms with Crippen molar-refractivity contribution >= 4 is 33.2 Å². The Hall–Kier alpha value is -3.50. The normalized spacial score (nSPS) is 15.1. The third-order valence-corrected chi connectivity index (χ3v) is 7.75. The second-order valence-electron chi connectivity index (χ2n) is 8.27. The van der Waals surface area contributed by atoms with Crippen molar-refractivity contribution in [2.45, 2.75) is 24.8 Å². The number of aromatic nitrogens is 2. The van der Waals surface area contributed by atoms with E-state index in [4.69, 9.17) is 0 Å². The van der Waals surface area contributed by atoms with Gasteiger partial charge in [0.15, 0.2) is 5.03 Å². The molecule has 2 heterocycles. The van der Waals surface area contributed by atoms with Crippen LogP contribution in [0.25, 0.3) is 0 Å². The number of hydrogen-bond acceptors (Lipinski definition) is 5. The quantitative estimate of drug-likeness (QED) is 0.562. The Morgan fingerprint density at radius 2 is 1.53 bits per heavy atom. The van der Waals surface area contributed by atoms with Crippen LogP contribution in [-0.2, 0) is 21.9 Å². The highest BCUT2D eigenvalue weighted by molar-refractivity contribution is 7.89. The molecule has 0 saturated carbocycles. The fraction of sp³-hybridized carbons (Fsp3) is 0.292. The molecule has 9 nitrogen and oxygen atoms in total. The fourth-order valence-electron chi connectivity index (χ4n) is 3.86. The van der Waals surface area contributed by atoms with Gasteiger partial charge in [-0.15, -0.1) is 0 Å². The van der Waals surface area contributed by atoms with Gasteiger partial charge < -0.3 is 15.2 Å². The number of nitrogens with one attached hydrogen (secondary N) is 2. The molecule has 0 unspecified atom stereocenters. The van der Waals surface area contributed by atoms with Gasteiger partial charge in [0.1, 0.15) is 5.82 Å². The van der Waals surface area contributed by atoms with Gasteiger partial charge in [-0.1, -0.05) is 30.3 Å². The minimum absolute atomic E-state index is 0.0264. The van der Waals surface area contributed by atoms with Crippen LogP contribution in [0.5, 0.6) is 0 Å². The van der Waals surface area contributed by atoms with E-state index in [1.807, 2.05) is 6.07 Å². The maximum Gasteiger partial charge on any atom is 0.262 e. The Bertz CT molecular complexity index is 1280. The van der Waals surface area contributed by atoms with E-state index in [9.17, 15) is 18.0 Å². The Balaban J connectivity index is 1.39. The van der Waals surface area contributed by atoms with Crippen molar-refractivity contribution in [3.63, 3.8) is 0 Å². The first-order valence-electron chi connectivity index (χ1n) is 11.0. The molecule has 0 atom stereocenters. The average Bonchev–Trinajstić information content (AvgIpc) is 3.20. The van der Waals surface area contributed by atoms with E-state index in [1.165, 1.54) is 10.5 Å². The summed E-state index contributed by atoms with van der Waals surface area (Å²) in [5.41, 5.74) is 1.51. The Labute approximate surface area is 198 Å². The van der Waals surface area contributed by atoms with Gasteiger partial charge in [0, 0.05) is 37.8 Å². The van der Waals surface area contributed by atoms with Crippen LogP contribution >= 0.6 is 0 Å². The molecule has 0 spiro atoms. The number of carbonyl (C=O) groups excluding carboxylic acids is 2. The summed E-state index contributed by atoms with van der Waals surface area (Å²) < 4.78 is 28.8. The first kappa shape index (κ1) is 23.7. The van der Waals surface area contributed by atoms with Crippen molar-refractivity contribution in [1.82, 2.24) is 13.9 Å². The second-order valence-corrected chi connectivity index (χ2v) is 10.2. The zero-order valence-electron chi connectivity index (χ0n) is 19.1. The maximum atomic E-state index is 12.9. The van der Waals surface area contributed by atoms with E-state index in [0.717, 1.165) is 0 Å². The molecule has 3 aromatic rings. The molecule has 2 N–H and O–H groups in total. The van der Waals surface area contributed by atoms with Gasteiger partial charge in [-0.3, -0.25) is 9.59 Å². The third kappa shape index (κ3) is 5.02. The molecule has 10 heteroatoms. The Morgan fingerprint density at radius 3 is 2.12 bits per heavy atom. The van der Waals surface area contributed by atoms with Gasteiger partial charge >= 0.3 is 0 Å². The molecule has 1 saturated heterocycles.